The quantitative estimate of drug-likeness (QED) is 0.906. The van der Waals surface area contributed by atoms with Crippen molar-refractivity contribution in [2.45, 2.75) is 33.0 Å². The van der Waals surface area contributed by atoms with E-state index in [0.29, 0.717) is 19.1 Å². The first-order valence-electron chi connectivity index (χ1n) is 6.10. The number of nitrogens with one attached hydrogen (secondary N) is 1. The number of halogens is 2. The molecule has 1 aromatic heterocycles. The van der Waals surface area contributed by atoms with Crippen LogP contribution in [0.1, 0.15) is 25.2 Å². The lowest BCUT2D eigenvalue weighted by Crippen LogP contribution is -2.22. The molecule has 1 heterocycles. The molecule has 19 heavy (non-hydrogen) atoms. The molecule has 4 nitrogen and oxygen atoms in total. The molecular formula is C13H16BrClN4. The van der Waals surface area contributed by atoms with Crippen LogP contribution in [0.3, 0.4) is 0 Å². The minimum absolute atomic E-state index is 0.424. The molecule has 0 aliphatic heterocycles. The fourth-order valence-corrected chi connectivity index (χ4v) is 2.34. The summed E-state index contributed by atoms with van der Waals surface area (Å²) in [6.07, 6.45) is 1.73. The Kier molecular flexibility index (Phi) is 4.96. The van der Waals surface area contributed by atoms with E-state index in [-0.39, 0.29) is 0 Å². The summed E-state index contributed by atoms with van der Waals surface area (Å²) in [7, 11) is 0. The highest BCUT2D eigenvalue weighted by Gasteiger charge is 2.05. The Labute approximate surface area is 126 Å². The average molecular weight is 344 g/mol. The minimum Gasteiger partial charge on any atom is -0.308 e. The van der Waals surface area contributed by atoms with E-state index in [1.54, 1.807) is 11.0 Å². The van der Waals surface area contributed by atoms with Gasteiger partial charge in [0, 0.05) is 15.5 Å². The van der Waals surface area contributed by atoms with Gasteiger partial charge in [0.15, 0.2) is 5.82 Å². The van der Waals surface area contributed by atoms with Crippen LogP contribution in [0.25, 0.3) is 0 Å². The van der Waals surface area contributed by atoms with Gasteiger partial charge in [-0.05, 0) is 17.7 Å². The summed E-state index contributed by atoms with van der Waals surface area (Å²) in [4.78, 5) is 4.27. The Morgan fingerprint density at radius 1 is 1.42 bits per heavy atom. The summed E-state index contributed by atoms with van der Waals surface area (Å²) in [6.45, 7) is 5.50. The Morgan fingerprint density at radius 3 is 2.89 bits per heavy atom. The smallest absolute Gasteiger partial charge is 0.164 e. The molecule has 0 saturated heterocycles. The highest BCUT2D eigenvalue weighted by Crippen LogP contribution is 2.21. The van der Waals surface area contributed by atoms with E-state index in [9.17, 15) is 0 Å². The van der Waals surface area contributed by atoms with Gasteiger partial charge < -0.3 is 5.32 Å². The minimum atomic E-state index is 0.424. The van der Waals surface area contributed by atoms with Gasteiger partial charge in [0.1, 0.15) is 6.33 Å². The summed E-state index contributed by atoms with van der Waals surface area (Å²) in [5.41, 5.74) is 1.03. The molecule has 0 aliphatic rings. The van der Waals surface area contributed by atoms with Gasteiger partial charge in [-0.15, -0.1) is 0 Å². The summed E-state index contributed by atoms with van der Waals surface area (Å²) in [5.74, 6) is 0.793. The van der Waals surface area contributed by atoms with Crippen molar-refractivity contribution < 1.29 is 0 Å². The maximum absolute atomic E-state index is 6.19. The molecule has 0 spiro atoms. The Balaban J connectivity index is 2.03. The zero-order valence-electron chi connectivity index (χ0n) is 10.9. The van der Waals surface area contributed by atoms with Gasteiger partial charge in [-0.25, -0.2) is 9.67 Å². The molecule has 0 unspecified atom stereocenters. The largest absolute Gasteiger partial charge is 0.308 e. The lowest BCUT2D eigenvalue weighted by molar-refractivity contribution is 0.565. The molecule has 0 bridgehead atoms. The summed E-state index contributed by atoms with van der Waals surface area (Å²) >= 11 is 9.58. The zero-order valence-corrected chi connectivity index (χ0v) is 13.2. The van der Waals surface area contributed by atoms with E-state index in [0.717, 1.165) is 20.9 Å². The van der Waals surface area contributed by atoms with Crippen LogP contribution in [0.5, 0.6) is 0 Å². The molecule has 0 atom stereocenters. The van der Waals surface area contributed by atoms with Crippen LogP contribution < -0.4 is 5.32 Å². The Morgan fingerprint density at radius 2 is 2.21 bits per heavy atom. The predicted octanol–water partition coefficient (Wildman–Crippen LogP) is 3.24. The molecule has 0 fully saturated rings. The maximum Gasteiger partial charge on any atom is 0.164 e. The first kappa shape index (κ1) is 14.5. The van der Waals surface area contributed by atoms with E-state index in [4.69, 9.17) is 11.6 Å². The van der Waals surface area contributed by atoms with Crippen molar-refractivity contribution >= 4 is 27.5 Å². The molecule has 0 amide bonds. The molecule has 1 N–H and O–H groups in total. The van der Waals surface area contributed by atoms with E-state index >= 15 is 0 Å². The number of benzene rings is 1. The predicted molar refractivity (Wildman–Crippen MR) is 80.3 cm³/mol. The van der Waals surface area contributed by atoms with Crippen molar-refractivity contribution in [1.82, 2.24) is 20.1 Å². The van der Waals surface area contributed by atoms with Crippen LogP contribution in [0.15, 0.2) is 29.0 Å². The van der Waals surface area contributed by atoms with E-state index < -0.39 is 0 Å². The number of hydrogen-bond acceptors (Lipinski definition) is 3. The molecule has 2 rings (SSSR count). The van der Waals surface area contributed by atoms with Crippen molar-refractivity contribution in [3.8, 4) is 0 Å². The SMILES string of the molecule is CC(C)NCc1ncn(Cc2ccc(Br)cc2Cl)n1. The van der Waals surface area contributed by atoms with Crippen LogP contribution >= 0.6 is 27.5 Å². The second-order valence-electron chi connectivity index (χ2n) is 4.63. The average Bonchev–Trinajstić information content (AvgIpc) is 2.78. The second-order valence-corrected chi connectivity index (χ2v) is 5.95. The van der Waals surface area contributed by atoms with E-state index in [1.165, 1.54) is 0 Å². The van der Waals surface area contributed by atoms with Crippen LogP contribution in [0.2, 0.25) is 5.02 Å². The summed E-state index contributed by atoms with van der Waals surface area (Å²) in [6, 6.07) is 6.27. The fraction of sp³-hybridized carbons (Fsp3) is 0.385. The first-order valence-corrected chi connectivity index (χ1v) is 7.27. The van der Waals surface area contributed by atoms with Gasteiger partial charge in [-0.3, -0.25) is 0 Å². The van der Waals surface area contributed by atoms with Crippen molar-refractivity contribution in [3.05, 3.63) is 45.4 Å². The molecular weight excluding hydrogens is 328 g/mol. The lowest BCUT2D eigenvalue weighted by atomic mass is 10.2. The van der Waals surface area contributed by atoms with Crippen LogP contribution in [0, 0.1) is 0 Å². The van der Waals surface area contributed by atoms with Gasteiger partial charge in [0.25, 0.3) is 0 Å². The van der Waals surface area contributed by atoms with E-state index in [2.05, 4.69) is 45.2 Å². The van der Waals surface area contributed by atoms with Crippen molar-refractivity contribution in [3.63, 3.8) is 0 Å². The zero-order chi connectivity index (χ0) is 13.8. The van der Waals surface area contributed by atoms with E-state index in [1.807, 2.05) is 18.2 Å². The number of nitrogens with zero attached hydrogens (tertiary/aromatic N) is 3. The topological polar surface area (TPSA) is 42.7 Å². The summed E-state index contributed by atoms with van der Waals surface area (Å²) < 4.78 is 2.77. The third kappa shape index (κ3) is 4.30. The van der Waals surface area contributed by atoms with Crippen molar-refractivity contribution in [2.75, 3.05) is 0 Å². The van der Waals surface area contributed by atoms with Crippen molar-refractivity contribution in [2.24, 2.45) is 0 Å². The van der Waals surface area contributed by atoms with Crippen LogP contribution in [0.4, 0.5) is 0 Å². The molecule has 102 valence electrons. The Bertz CT molecular complexity index is 553. The highest BCUT2D eigenvalue weighted by molar-refractivity contribution is 9.10. The van der Waals surface area contributed by atoms with Gasteiger partial charge >= 0.3 is 0 Å². The molecule has 6 heteroatoms. The number of aromatic nitrogens is 3. The highest BCUT2D eigenvalue weighted by atomic mass is 79.9. The molecule has 1 aromatic carbocycles. The van der Waals surface area contributed by atoms with Crippen molar-refractivity contribution in [1.29, 1.82) is 0 Å². The number of rotatable bonds is 5. The fourth-order valence-electron chi connectivity index (χ4n) is 1.61. The molecule has 2 aromatic rings. The van der Waals surface area contributed by atoms with Gasteiger partial charge in [-0.1, -0.05) is 47.4 Å². The Hall–Kier alpha value is -0.910. The number of hydrogen-bond donors (Lipinski definition) is 1. The first-order chi connectivity index (χ1) is 9.04. The third-order valence-corrected chi connectivity index (χ3v) is 3.44. The second kappa shape index (κ2) is 6.50. The standard InChI is InChI=1S/C13H16BrClN4/c1-9(2)16-6-13-17-8-19(18-13)7-10-3-4-11(14)5-12(10)15/h3-5,8-9,16H,6-7H2,1-2H3. The molecule has 0 radical (unpaired) electrons. The maximum atomic E-state index is 6.19. The van der Waals surface area contributed by atoms with Gasteiger partial charge in [0.2, 0.25) is 0 Å². The van der Waals surface area contributed by atoms with Gasteiger partial charge in [-0.2, -0.15) is 5.10 Å². The van der Waals surface area contributed by atoms with Crippen LogP contribution in [-0.2, 0) is 13.1 Å². The third-order valence-electron chi connectivity index (χ3n) is 2.60. The molecule has 0 aliphatic carbocycles. The monoisotopic (exact) mass is 342 g/mol. The molecule has 0 saturated carbocycles. The summed E-state index contributed by atoms with van der Waals surface area (Å²) in [5, 5.41) is 8.43. The lowest BCUT2D eigenvalue weighted by Gasteiger charge is -2.05. The normalized spacial score (nSPS) is 11.2. The van der Waals surface area contributed by atoms with Crippen LogP contribution in [-0.4, -0.2) is 20.8 Å². The van der Waals surface area contributed by atoms with Gasteiger partial charge in [0.05, 0.1) is 13.1 Å².